The number of benzene rings is 3. The molecule has 3 aromatic carbocycles. The van der Waals surface area contributed by atoms with Gasteiger partial charge in [-0.2, -0.15) is 0 Å². The fraction of sp³-hybridized carbons (Fsp3) is 0.182. The SMILES string of the molecule is CCCCOc1ccc(-c2ccc(-c3ccc(O)cc3)c(F)c2)cc1. The van der Waals surface area contributed by atoms with E-state index in [9.17, 15) is 9.50 Å². The van der Waals surface area contributed by atoms with E-state index in [1.807, 2.05) is 30.3 Å². The topological polar surface area (TPSA) is 29.5 Å². The van der Waals surface area contributed by atoms with Crippen molar-refractivity contribution in [3.63, 3.8) is 0 Å². The van der Waals surface area contributed by atoms with Crippen LogP contribution in [0.2, 0.25) is 0 Å². The van der Waals surface area contributed by atoms with Crippen molar-refractivity contribution in [1.82, 2.24) is 0 Å². The molecule has 0 radical (unpaired) electrons. The van der Waals surface area contributed by atoms with E-state index < -0.39 is 0 Å². The molecule has 0 aliphatic heterocycles. The van der Waals surface area contributed by atoms with Crippen molar-refractivity contribution in [3.05, 3.63) is 72.5 Å². The summed E-state index contributed by atoms with van der Waals surface area (Å²) in [6, 6.07) is 19.4. The van der Waals surface area contributed by atoms with Crippen LogP contribution in [0.4, 0.5) is 4.39 Å². The van der Waals surface area contributed by atoms with Crippen molar-refractivity contribution in [3.8, 4) is 33.8 Å². The molecule has 0 atom stereocenters. The summed E-state index contributed by atoms with van der Waals surface area (Å²) in [7, 11) is 0. The second-order valence-electron chi connectivity index (χ2n) is 5.97. The second kappa shape index (κ2) is 7.84. The van der Waals surface area contributed by atoms with Crippen LogP contribution in [0.5, 0.6) is 11.5 Å². The molecule has 0 heterocycles. The Kier molecular flexibility index (Phi) is 5.34. The number of unbranched alkanes of at least 4 members (excludes halogenated alkanes) is 1. The van der Waals surface area contributed by atoms with Gasteiger partial charge >= 0.3 is 0 Å². The van der Waals surface area contributed by atoms with Gasteiger partial charge in [0.25, 0.3) is 0 Å². The van der Waals surface area contributed by atoms with Crippen LogP contribution in [0.3, 0.4) is 0 Å². The van der Waals surface area contributed by atoms with Gasteiger partial charge < -0.3 is 9.84 Å². The number of halogens is 1. The minimum atomic E-state index is -0.286. The van der Waals surface area contributed by atoms with Crippen LogP contribution in [-0.4, -0.2) is 11.7 Å². The number of hydrogen-bond acceptors (Lipinski definition) is 2. The zero-order valence-electron chi connectivity index (χ0n) is 14.2. The van der Waals surface area contributed by atoms with E-state index in [1.165, 1.54) is 6.07 Å². The van der Waals surface area contributed by atoms with E-state index in [2.05, 4.69) is 6.92 Å². The first-order valence-electron chi connectivity index (χ1n) is 8.49. The van der Waals surface area contributed by atoms with Gasteiger partial charge in [0, 0.05) is 5.56 Å². The van der Waals surface area contributed by atoms with Gasteiger partial charge in [-0.25, -0.2) is 4.39 Å². The summed E-state index contributed by atoms with van der Waals surface area (Å²) in [6.07, 6.45) is 2.14. The van der Waals surface area contributed by atoms with Crippen molar-refractivity contribution in [2.45, 2.75) is 19.8 Å². The third-order valence-corrected chi connectivity index (χ3v) is 4.10. The summed E-state index contributed by atoms with van der Waals surface area (Å²) >= 11 is 0. The van der Waals surface area contributed by atoms with Gasteiger partial charge in [0.1, 0.15) is 17.3 Å². The van der Waals surface area contributed by atoms with Crippen molar-refractivity contribution in [2.24, 2.45) is 0 Å². The molecular formula is C22H21FO2. The van der Waals surface area contributed by atoms with Gasteiger partial charge in [-0.3, -0.25) is 0 Å². The summed E-state index contributed by atoms with van der Waals surface area (Å²) in [5, 5.41) is 9.35. The number of hydrogen-bond donors (Lipinski definition) is 1. The Labute approximate surface area is 147 Å². The maximum atomic E-state index is 14.5. The highest BCUT2D eigenvalue weighted by Gasteiger charge is 2.08. The van der Waals surface area contributed by atoms with Crippen LogP contribution in [0.25, 0.3) is 22.3 Å². The first-order chi connectivity index (χ1) is 12.2. The Morgan fingerprint density at radius 3 is 2.12 bits per heavy atom. The molecule has 3 rings (SSSR count). The highest BCUT2D eigenvalue weighted by Crippen LogP contribution is 2.29. The minimum Gasteiger partial charge on any atom is -0.508 e. The number of phenols is 1. The normalized spacial score (nSPS) is 10.6. The summed E-state index contributed by atoms with van der Waals surface area (Å²) < 4.78 is 20.2. The average Bonchev–Trinajstić information content (AvgIpc) is 2.63. The lowest BCUT2D eigenvalue weighted by Gasteiger charge is -2.09. The van der Waals surface area contributed by atoms with Gasteiger partial charge in [-0.15, -0.1) is 0 Å². The second-order valence-corrected chi connectivity index (χ2v) is 5.97. The number of rotatable bonds is 6. The summed E-state index contributed by atoms with van der Waals surface area (Å²) in [6.45, 7) is 2.84. The van der Waals surface area contributed by atoms with Crippen molar-refractivity contribution >= 4 is 0 Å². The fourth-order valence-electron chi connectivity index (χ4n) is 2.65. The molecule has 0 aliphatic carbocycles. The average molecular weight is 336 g/mol. The first kappa shape index (κ1) is 17.0. The molecule has 3 aromatic rings. The molecule has 2 nitrogen and oxygen atoms in total. The molecule has 0 aliphatic rings. The van der Waals surface area contributed by atoms with E-state index >= 15 is 0 Å². The van der Waals surface area contributed by atoms with E-state index in [0.717, 1.165) is 35.3 Å². The number of phenolic OH excluding ortho intramolecular Hbond substituents is 1. The molecule has 1 N–H and O–H groups in total. The van der Waals surface area contributed by atoms with Crippen LogP contribution < -0.4 is 4.74 Å². The Morgan fingerprint density at radius 2 is 1.48 bits per heavy atom. The smallest absolute Gasteiger partial charge is 0.131 e. The molecular weight excluding hydrogens is 315 g/mol. The Balaban J connectivity index is 1.79. The molecule has 0 unspecified atom stereocenters. The highest BCUT2D eigenvalue weighted by atomic mass is 19.1. The van der Waals surface area contributed by atoms with Crippen LogP contribution >= 0.6 is 0 Å². The minimum absolute atomic E-state index is 0.169. The predicted octanol–water partition coefficient (Wildman–Crippen LogP) is 6.04. The van der Waals surface area contributed by atoms with E-state index in [-0.39, 0.29) is 11.6 Å². The van der Waals surface area contributed by atoms with Crippen LogP contribution in [0.1, 0.15) is 19.8 Å². The predicted molar refractivity (Wildman–Crippen MR) is 99.3 cm³/mol. The third kappa shape index (κ3) is 4.18. The van der Waals surface area contributed by atoms with Gasteiger partial charge in [-0.1, -0.05) is 49.7 Å². The summed E-state index contributed by atoms with van der Waals surface area (Å²) in [4.78, 5) is 0. The molecule has 128 valence electrons. The lowest BCUT2D eigenvalue weighted by molar-refractivity contribution is 0.309. The molecule has 25 heavy (non-hydrogen) atoms. The molecule has 0 saturated heterocycles. The highest BCUT2D eigenvalue weighted by molar-refractivity contribution is 5.71. The number of ether oxygens (including phenoxy) is 1. The summed E-state index contributed by atoms with van der Waals surface area (Å²) in [5.74, 6) is 0.715. The van der Waals surface area contributed by atoms with Gasteiger partial charge in [0.2, 0.25) is 0 Å². The largest absolute Gasteiger partial charge is 0.508 e. The maximum absolute atomic E-state index is 14.5. The van der Waals surface area contributed by atoms with Crippen molar-refractivity contribution in [2.75, 3.05) is 6.61 Å². The maximum Gasteiger partial charge on any atom is 0.131 e. The quantitative estimate of drug-likeness (QED) is 0.556. The molecule has 0 aromatic heterocycles. The first-order valence-corrected chi connectivity index (χ1v) is 8.49. The third-order valence-electron chi connectivity index (χ3n) is 4.10. The van der Waals surface area contributed by atoms with Gasteiger partial charge in [-0.05, 0) is 53.4 Å². The molecule has 0 amide bonds. The van der Waals surface area contributed by atoms with Crippen LogP contribution in [-0.2, 0) is 0 Å². The Morgan fingerprint density at radius 1 is 0.840 bits per heavy atom. The van der Waals surface area contributed by atoms with Crippen LogP contribution in [0.15, 0.2) is 66.7 Å². The van der Waals surface area contributed by atoms with Gasteiger partial charge in [0.05, 0.1) is 6.61 Å². The van der Waals surface area contributed by atoms with Crippen molar-refractivity contribution in [1.29, 1.82) is 0 Å². The Bertz CT molecular complexity index is 824. The number of aromatic hydroxyl groups is 1. The molecule has 0 fully saturated rings. The van der Waals surface area contributed by atoms with E-state index in [0.29, 0.717) is 12.2 Å². The van der Waals surface area contributed by atoms with Crippen molar-refractivity contribution < 1.29 is 14.2 Å². The van der Waals surface area contributed by atoms with Gasteiger partial charge in [0.15, 0.2) is 0 Å². The monoisotopic (exact) mass is 336 g/mol. The van der Waals surface area contributed by atoms with E-state index in [1.54, 1.807) is 30.3 Å². The van der Waals surface area contributed by atoms with Crippen LogP contribution in [0, 0.1) is 5.82 Å². The molecule has 0 spiro atoms. The molecule has 0 bridgehead atoms. The molecule has 0 saturated carbocycles. The summed E-state index contributed by atoms with van der Waals surface area (Å²) in [5.41, 5.74) is 3.02. The standard InChI is InChI=1S/C22H21FO2/c1-2-3-14-25-20-11-6-16(7-12-20)18-8-13-21(22(23)15-18)17-4-9-19(24)10-5-17/h4-13,15,24H,2-3,14H2,1H3. The lowest BCUT2D eigenvalue weighted by Crippen LogP contribution is -1.96. The fourth-order valence-corrected chi connectivity index (χ4v) is 2.65. The molecule has 3 heteroatoms. The lowest BCUT2D eigenvalue weighted by atomic mass is 9.99. The van der Waals surface area contributed by atoms with E-state index in [4.69, 9.17) is 4.74 Å². The Hall–Kier alpha value is -2.81. The zero-order chi connectivity index (χ0) is 17.6. The zero-order valence-corrected chi connectivity index (χ0v) is 14.2.